The van der Waals surface area contributed by atoms with Crippen molar-refractivity contribution in [3.8, 4) is 0 Å². The first-order valence-electron chi connectivity index (χ1n) is 5.63. The molecule has 0 aromatic carbocycles. The summed E-state index contributed by atoms with van der Waals surface area (Å²) in [6.45, 7) is 5.60. The summed E-state index contributed by atoms with van der Waals surface area (Å²) < 4.78 is 13.3. The molecule has 3 N–H and O–H groups in total. The van der Waals surface area contributed by atoms with Crippen LogP contribution in [0.1, 0.15) is 36.7 Å². The van der Waals surface area contributed by atoms with Crippen LogP contribution in [-0.2, 0) is 0 Å². The maximum Gasteiger partial charge on any atom is 0.341 e. The van der Waals surface area contributed by atoms with Gasteiger partial charge in [-0.05, 0) is 13.0 Å². The first-order chi connectivity index (χ1) is 8.50. The zero-order valence-electron chi connectivity index (χ0n) is 10.4. The summed E-state index contributed by atoms with van der Waals surface area (Å²) >= 11 is 0. The van der Waals surface area contributed by atoms with Gasteiger partial charge in [-0.1, -0.05) is 13.8 Å². The number of aromatic nitrogens is 1. The highest BCUT2D eigenvalue weighted by Gasteiger charge is 2.22. The molecule has 0 aliphatic carbocycles. The lowest BCUT2D eigenvalue weighted by Gasteiger charge is -2.20. The van der Waals surface area contributed by atoms with Crippen LogP contribution in [0.25, 0.3) is 6.08 Å². The molecular weight excluding hydrogens is 239 g/mol. The van der Waals surface area contributed by atoms with Crippen molar-refractivity contribution in [3.63, 3.8) is 0 Å². The van der Waals surface area contributed by atoms with Crippen molar-refractivity contribution >= 4 is 17.9 Å². The van der Waals surface area contributed by atoms with Crippen LogP contribution in [0.2, 0.25) is 0 Å². The number of carboxylic acid groups (broad SMARTS) is 1. The van der Waals surface area contributed by atoms with Crippen molar-refractivity contribution in [1.29, 1.82) is 0 Å². The van der Waals surface area contributed by atoms with Crippen LogP contribution in [0.3, 0.4) is 0 Å². The SMILES string of the molecule is CC.CC1Nc2[nH]cc(C(=O)O)c(=O)c2C=C1F. The van der Waals surface area contributed by atoms with E-state index in [4.69, 9.17) is 5.11 Å². The second-order valence-electron chi connectivity index (χ2n) is 3.52. The van der Waals surface area contributed by atoms with Crippen LogP contribution < -0.4 is 10.7 Å². The van der Waals surface area contributed by atoms with Gasteiger partial charge in [0.15, 0.2) is 0 Å². The smallest absolute Gasteiger partial charge is 0.341 e. The standard InChI is InChI=1S/C10H9FN2O3.C2H6/c1-4-7(11)2-5-8(14)6(10(15)16)3-12-9(5)13-4;1-2/h2-4H,1H3,(H,15,16)(H2,12,13,14);1-2H3. The molecule has 0 bridgehead atoms. The Hall–Kier alpha value is -2.11. The van der Waals surface area contributed by atoms with E-state index in [0.29, 0.717) is 5.82 Å². The van der Waals surface area contributed by atoms with Crippen LogP contribution in [0.4, 0.5) is 10.2 Å². The summed E-state index contributed by atoms with van der Waals surface area (Å²) in [6.07, 6.45) is 2.15. The maximum atomic E-state index is 13.3. The molecule has 1 aliphatic rings. The number of H-pyrrole nitrogens is 1. The molecule has 2 heterocycles. The summed E-state index contributed by atoms with van der Waals surface area (Å²) in [5.74, 6) is -1.50. The average Bonchev–Trinajstić information content (AvgIpc) is 2.34. The molecule has 0 spiro atoms. The van der Waals surface area contributed by atoms with E-state index in [0.717, 1.165) is 12.3 Å². The van der Waals surface area contributed by atoms with Gasteiger partial charge in [-0.15, -0.1) is 0 Å². The molecule has 1 aromatic rings. The number of aromatic amines is 1. The van der Waals surface area contributed by atoms with E-state index in [2.05, 4.69) is 10.3 Å². The normalized spacial score (nSPS) is 16.7. The molecule has 5 nitrogen and oxygen atoms in total. The van der Waals surface area contributed by atoms with Crippen LogP contribution in [-0.4, -0.2) is 22.1 Å². The Morgan fingerprint density at radius 3 is 2.61 bits per heavy atom. The van der Waals surface area contributed by atoms with Crippen molar-refractivity contribution in [2.75, 3.05) is 5.32 Å². The molecule has 1 atom stereocenters. The maximum absolute atomic E-state index is 13.3. The number of hydrogen-bond acceptors (Lipinski definition) is 3. The predicted octanol–water partition coefficient (Wildman–Crippen LogP) is 2.22. The largest absolute Gasteiger partial charge is 0.477 e. The number of hydrogen-bond donors (Lipinski definition) is 3. The highest BCUT2D eigenvalue weighted by molar-refractivity contribution is 5.89. The van der Waals surface area contributed by atoms with E-state index in [1.54, 1.807) is 6.92 Å². The Morgan fingerprint density at radius 1 is 1.44 bits per heavy atom. The zero-order chi connectivity index (χ0) is 13.9. The molecule has 98 valence electrons. The summed E-state index contributed by atoms with van der Waals surface area (Å²) in [5.41, 5.74) is -1.09. The minimum atomic E-state index is -1.34. The van der Waals surface area contributed by atoms with Gasteiger partial charge in [-0.2, -0.15) is 0 Å². The third-order valence-corrected chi connectivity index (χ3v) is 2.41. The van der Waals surface area contributed by atoms with Gasteiger partial charge in [0.05, 0.1) is 11.6 Å². The molecule has 1 aliphatic heterocycles. The van der Waals surface area contributed by atoms with Crippen molar-refractivity contribution < 1.29 is 14.3 Å². The summed E-state index contributed by atoms with van der Waals surface area (Å²) in [7, 11) is 0. The predicted molar refractivity (Wildman–Crippen MR) is 67.5 cm³/mol. The van der Waals surface area contributed by atoms with Gasteiger partial charge in [0, 0.05) is 6.20 Å². The lowest BCUT2D eigenvalue weighted by molar-refractivity contribution is 0.0695. The first kappa shape index (κ1) is 14.0. The van der Waals surface area contributed by atoms with E-state index < -0.39 is 28.8 Å². The number of anilines is 1. The highest BCUT2D eigenvalue weighted by Crippen LogP contribution is 2.23. The lowest BCUT2D eigenvalue weighted by atomic mass is 10.1. The van der Waals surface area contributed by atoms with Gasteiger partial charge in [-0.3, -0.25) is 4.79 Å². The van der Waals surface area contributed by atoms with E-state index in [1.165, 1.54) is 0 Å². The number of fused-ring (bicyclic) bond motifs is 1. The van der Waals surface area contributed by atoms with E-state index in [1.807, 2.05) is 13.8 Å². The summed E-state index contributed by atoms with van der Waals surface area (Å²) in [6, 6.07) is -0.529. The molecular formula is C12H15FN2O3. The van der Waals surface area contributed by atoms with Gasteiger partial charge < -0.3 is 15.4 Å². The van der Waals surface area contributed by atoms with Crippen molar-refractivity contribution in [2.24, 2.45) is 0 Å². The number of rotatable bonds is 1. The molecule has 0 radical (unpaired) electrons. The monoisotopic (exact) mass is 254 g/mol. The molecule has 18 heavy (non-hydrogen) atoms. The third-order valence-electron chi connectivity index (χ3n) is 2.41. The number of carboxylic acids is 1. The Morgan fingerprint density at radius 2 is 2.06 bits per heavy atom. The number of carbonyl (C=O) groups is 1. The second kappa shape index (κ2) is 5.48. The fraction of sp³-hybridized carbons (Fsp3) is 0.333. The van der Waals surface area contributed by atoms with E-state index in [-0.39, 0.29) is 5.56 Å². The average molecular weight is 254 g/mol. The van der Waals surface area contributed by atoms with Gasteiger partial charge in [0.1, 0.15) is 17.2 Å². The topological polar surface area (TPSA) is 82.2 Å². The Labute approximate surface area is 103 Å². The van der Waals surface area contributed by atoms with Crippen LogP contribution in [0.5, 0.6) is 0 Å². The minimum absolute atomic E-state index is 0.00972. The zero-order valence-corrected chi connectivity index (χ0v) is 10.4. The molecule has 1 unspecified atom stereocenters. The molecule has 0 saturated heterocycles. The lowest BCUT2D eigenvalue weighted by Crippen LogP contribution is -2.27. The fourth-order valence-electron chi connectivity index (χ4n) is 1.51. The second-order valence-corrected chi connectivity index (χ2v) is 3.52. The van der Waals surface area contributed by atoms with Gasteiger partial charge >= 0.3 is 5.97 Å². The number of nitrogens with one attached hydrogen (secondary N) is 2. The Kier molecular flexibility index (Phi) is 4.25. The number of pyridine rings is 1. The van der Waals surface area contributed by atoms with Crippen molar-refractivity contribution in [1.82, 2.24) is 4.98 Å². The molecule has 0 saturated carbocycles. The van der Waals surface area contributed by atoms with E-state index in [9.17, 15) is 14.0 Å². The molecule has 0 amide bonds. The molecule has 2 rings (SSSR count). The molecule has 6 heteroatoms. The van der Waals surface area contributed by atoms with Crippen LogP contribution in [0, 0.1) is 0 Å². The Balaban J connectivity index is 0.000000771. The number of halogens is 1. The van der Waals surface area contributed by atoms with E-state index >= 15 is 0 Å². The molecule has 1 aromatic heterocycles. The van der Waals surface area contributed by atoms with Crippen molar-refractivity contribution in [3.05, 3.63) is 33.4 Å². The summed E-state index contributed by atoms with van der Waals surface area (Å²) in [5, 5.41) is 11.5. The van der Waals surface area contributed by atoms with Gasteiger partial charge in [-0.25, -0.2) is 9.18 Å². The fourth-order valence-corrected chi connectivity index (χ4v) is 1.51. The number of aromatic carboxylic acids is 1. The Bertz CT molecular complexity index is 549. The summed E-state index contributed by atoms with van der Waals surface area (Å²) in [4.78, 5) is 25.0. The van der Waals surface area contributed by atoms with Crippen molar-refractivity contribution in [2.45, 2.75) is 26.8 Å². The minimum Gasteiger partial charge on any atom is -0.477 e. The molecule has 0 fully saturated rings. The highest BCUT2D eigenvalue weighted by atomic mass is 19.1. The van der Waals surface area contributed by atoms with Gasteiger partial charge in [0.25, 0.3) is 0 Å². The first-order valence-corrected chi connectivity index (χ1v) is 5.63. The van der Waals surface area contributed by atoms with Crippen LogP contribution >= 0.6 is 0 Å². The van der Waals surface area contributed by atoms with Gasteiger partial charge in [0.2, 0.25) is 5.43 Å². The quantitative estimate of drug-likeness (QED) is 0.717. The van der Waals surface area contributed by atoms with Crippen LogP contribution in [0.15, 0.2) is 16.8 Å². The third kappa shape index (κ3) is 2.42.